The van der Waals surface area contributed by atoms with E-state index in [-0.39, 0.29) is 0 Å². The van der Waals surface area contributed by atoms with Crippen molar-refractivity contribution in [3.63, 3.8) is 0 Å². The average Bonchev–Trinajstić information content (AvgIpc) is 3.11. The van der Waals surface area contributed by atoms with Crippen molar-refractivity contribution in [2.45, 2.75) is 0 Å². The molecule has 2 aromatic carbocycles. The van der Waals surface area contributed by atoms with Gasteiger partial charge in [0.15, 0.2) is 17.1 Å². The van der Waals surface area contributed by atoms with Gasteiger partial charge in [-0.05, 0) is 42.5 Å². The number of nitrogens with zero attached hydrogens (tertiary/aromatic N) is 2. The lowest BCUT2D eigenvalue weighted by Crippen LogP contribution is -1.93. The van der Waals surface area contributed by atoms with Crippen molar-refractivity contribution in [3.8, 4) is 34.2 Å². The van der Waals surface area contributed by atoms with Crippen molar-refractivity contribution in [2.75, 3.05) is 14.2 Å². The van der Waals surface area contributed by atoms with Crippen LogP contribution in [0, 0.1) is 0 Å². The van der Waals surface area contributed by atoms with Crippen LogP contribution >= 0.6 is 0 Å². The van der Waals surface area contributed by atoms with Crippen LogP contribution in [-0.2, 0) is 0 Å². The zero-order chi connectivity index (χ0) is 17.2. The van der Waals surface area contributed by atoms with Gasteiger partial charge in [-0.1, -0.05) is 12.1 Å². The van der Waals surface area contributed by atoms with E-state index in [0.29, 0.717) is 17.4 Å². The Morgan fingerprint density at radius 1 is 0.880 bits per heavy atom. The van der Waals surface area contributed by atoms with Crippen LogP contribution in [0.5, 0.6) is 11.5 Å². The maximum absolute atomic E-state index is 5.91. The molecular formula is C20H16N2O3. The molecule has 2 heterocycles. The molecule has 0 amide bonds. The molecule has 5 heteroatoms. The standard InChI is InChI=1S/C20H16N2O3/c1-23-17-10-9-13(12-18(17)24-2)19-14(6-5-11-21-19)20-22-15-7-3-4-8-16(15)25-20/h3-12H,1-2H3. The van der Waals surface area contributed by atoms with E-state index >= 15 is 0 Å². The third-order valence-electron chi connectivity index (χ3n) is 3.99. The Hall–Kier alpha value is -3.34. The minimum atomic E-state index is 0.541. The third-order valence-corrected chi connectivity index (χ3v) is 3.99. The lowest BCUT2D eigenvalue weighted by Gasteiger charge is -2.10. The van der Waals surface area contributed by atoms with E-state index in [4.69, 9.17) is 13.9 Å². The highest BCUT2D eigenvalue weighted by atomic mass is 16.5. The Labute approximate surface area is 144 Å². The largest absolute Gasteiger partial charge is 0.493 e. The number of methoxy groups -OCH3 is 2. The van der Waals surface area contributed by atoms with Crippen LogP contribution in [0.3, 0.4) is 0 Å². The van der Waals surface area contributed by atoms with Crippen LogP contribution in [0.1, 0.15) is 0 Å². The van der Waals surface area contributed by atoms with E-state index in [0.717, 1.165) is 27.9 Å². The SMILES string of the molecule is COc1ccc(-c2ncccc2-c2nc3ccccc3o2)cc1OC. The van der Waals surface area contributed by atoms with Crippen LogP contribution in [-0.4, -0.2) is 24.2 Å². The molecule has 0 bridgehead atoms. The summed E-state index contributed by atoms with van der Waals surface area (Å²) in [5.41, 5.74) is 4.07. The van der Waals surface area contributed by atoms with Crippen molar-refractivity contribution in [1.82, 2.24) is 9.97 Å². The highest BCUT2D eigenvalue weighted by molar-refractivity contribution is 5.82. The Morgan fingerprint density at radius 3 is 2.52 bits per heavy atom. The second-order valence-electron chi connectivity index (χ2n) is 5.46. The maximum Gasteiger partial charge on any atom is 0.229 e. The summed E-state index contributed by atoms with van der Waals surface area (Å²) in [5.74, 6) is 1.86. The first kappa shape index (κ1) is 15.2. The second kappa shape index (κ2) is 6.28. The topological polar surface area (TPSA) is 57.4 Å². The summed E-state index contributed by atoms with van der Waals surface area (Å²) in [7, 11) is 3.23. The summed E-state index contributed by atoms with van der Waals surface area (Å²) in [6, 6.07) is 17.2. The van der Waals surface area contributed by atoms with Crippen LogP contribution in [0.15, 0.2) is 65.2 Å². The van der Waals surface area contributed by atoms with Gasteiger partial charge in [0, 0.05) is 11.8 Å². The van der Waals surface area contributed by atoms with Gasteiger partial charge in [-0.25, -0.2) is 4.98 Å². The predicted octanol–water partition coefficient (Wildman–Crippen LogP) is 4.57. The van der Waals surface area contributed by atoms with Crippen LogP contribution in [0.4, 0.5) is 0 Å². The molecule has 25 heavy (non-hydrogen) atoms. The Kier molecular flexibility index (Phi) is 3.82. The normalized spacial score (nSPS) is 10.8. The Bertz CT molecular complexity index is 1010. The summed E-state index contributed by atoms with van der Waals surface area (Å²) in [4.78, 5) is 9.11. The van der Waals surface area contributed by atoms with E-state index in [1.54, 1.807) is 20.4 Å². The number of aromatic nitrogens is 2. The van der Waals surface area contributed by atoms with Crippen LogP contribution in [0.25, 0.3) is 33.8 Å². The predicted molar refractivity (Wildman–Crippen MR) is 95.8 cm³/mol. The number of pyridine rings is 1. The number of hydrogen-bond donors (Lipinski definition) is 0. The number of ether oxygens (including phenoxy) is 2. The average molecular weight is 332 g/mol. The zero-order valence-electron chi connectivity index (χ0n) is 13.9. The van der Waals surface area contributed by atoms with Crippen LogP contribution < -0.4 is 9.47 Å². The first-order valence-corrected chi connectivity index (χ1v) is 7.83. The van der Waals surface area contributed by atoms with E-state index in [1.807, 2.05) is 54.6 Å². The zero-order valence-corrected chi connectivity index (χ0v) is 13.9. The molecule has 2 aromatic heterocycles. The molecule has 0 aliphatic carbocycles. The van der Waals surface area contributed by atoms with Gasteiger partial charge in [-0.3, -0.25) is 4.98 Å². The molecule has 0 N–H and O–H groups in total. The lowest BCUT2D eigenvalue weighted by molar-refractivity contribution is 0.355. The summed E-state index contributed by atoms with van der Waals surface area (Å²) in [6.45, 7) is 0. The van der Waals surface area contributed by atoms with Gasteiger partial charge in [-0.15, -0.1) is 0 Å². The summed E-state index contributed by atoms with van der Waals surface area (Å²) in [5, 5.41) is 0. The van der Waals surface area contributed by atoms with Gasteiger partial charge >= 0.3 is 0 Å². The first-order chi connectivity index (χ1) is 12.3. The first-order valence-electron chi connectivity index (χ1n) is 7.83. The maximum atomic E-state index is 5.91. The number of hydrogen-bond acceptors (Lipinski definition) is 5. The molecule has 4 rings (SSSR count). The van der Waals surface area contributed by atoms with Gasteiger partial charge in [0.05, 0.1) is 25.5 Å². The van der Waals surface area contributed by atoms with E-state index in [9.17, 15) is 0 Å². The highest BCUT2D eigenvalue weighted by Crippen LogP contribution is 2.36. The van der Waals surface area contributed by atoms with E-state index in [1.165, 1.54) is 0 Å². The van der Waals surface area contributed by atoms with Crippen molar-refractivity contribution in [1.29, 1.82) is 0 Å². The fourth-order valence-electron chi connectivity index (χ4n) is 2.78. The Balaban J connectivity index is 1.87. The molecule has 0 atom stereocenters. The van der Waals surface area contributed by atoms with Gasteiger partial charge < -0.3 is 13.9 Å². The fourth-order valence-corrected chi connectivity index (χ4v) is 2.78. The minimum Gasteiger partial charge on any atom is -0.493 e. The lowest BCUT2D eigenvalue weighted by atomic mass is 10.1. The molecule has 0 saturated carbocycles. The fraction of sp³-hybridized carbons (Fsp3) is 0.100. The van der Waals surface area contributed by atoms with Gasteiger partial charge in [0.1, 0.15) is 5.52 Å². The quantitative estimate of drug-likeness (QED) is 0.548. The van der Waals surface area contributed by atoms with Gasteiger partial charge in [-0.2, -0.15) is 0 Å². The number of benzene rings is 2. The summed E-state index contributed by atoms with van der Waals surface area (Å²) >= 11 is 0. The summed E-state index contributed by atoms with van der Waals surface area (Å²) < 4.78 is 16.6. The Morgan fingerprint density at radius 2 is 1.72 bits per heavy atom. The molecule has 124 valence electrons. The van der Waals surface area contributed by atoms with E-state index in [2.05, 4.69) is 9.97 Å². The monoisotopic (exact) mass is 332 g/mol. The molecule has 0 saturated heterocycles. The molecule has 0 unspecified atom stereocenters. The molecular weight excluding hydrogens is 316 g/mol. The van der Waals surface area contributed by atoms with Crippen molar-refractivity contribution in [2.24, 2.45) is 0 Å². The minimum absolute atomic E-state index is 0.541. The molecule has 0 aliphatic rings. The molecule has 0 spiro atoms. The highest BCUT2D eigenvalue weighted by Gasteiger charge is 2.16. The van der Waals surface area contributed by atoms with Crippen molar-refractivity contribution >= 4 is 11.1 Å². The third kappa shape index (κ3) is 2.70. The van der Waals surface area contributed by atoms with Crippen molar-refractivity contribution in [3.05, 3.63) is 60.8 Å². The van der Waals surface area contributed by atoms with Crippen molar-refractivity contribution < 1.29 is 13.9 Å². The second-order valence-corrected chi connectivity index (χ2v) is 5.46. The molecule has 5 nitrogen and oxygen atoms in total. The number of oxazole rings is 1. The van der Waals surface area contributed by atoms with Gasteiger partial charge in [0.25, 0.3) is 0 Å². The van der Waals surface area contributed by atoms with E-state index < -0.39 is 0 Å². The van der Waals surface area contributed by atoms with Crippen LogP contribution in [0.2, 0.25) is 0 Å². The van der Waals surface area contributed by atoms with Gasteiger partial charge in [0.2, 0.25) is 5.89 Å². The number of rotatable bonds is 4. The summed E-state index contributed by atoms with van der Waals surface area (Å²) in [6.07, 6.45) is 1.75. The number of fused-ring (bicyclic) bond motifs is 1. The molecule has 0 radical (unpaired) electrons. The molecule has 0 fully saturated rings. The number of para-hydroxylation sites is 2. The molecule has 0 aliphatic heterocycles. The smallest absolute Gasteiger partial charge is 0.229 e. The molecule has 4 aromatic rings.